The molecule has 0 saturated heterocycles. The molecule has 2 N–H and O–H groups in total. The predicted molar refractivity (Wildman–Crippen MR) is 127 cm³/mol. The van der Waals surface area contributed by atoms with Crippen molar-refractivity contribution in [2.24, 2.45) is 51.8 Å². The number of hydrogen-bond donors (Lipinski definition) is 2. The van der Waals surface area contributed by atoms with Crippen LogP contribution in [0.1, 0.15) is 105 Å². The van der Waals surface area contributed by atoms with E-state index in [1.807, 2.05) is 0 Å². The van der Waals surface area contributed by atoms with Gasteiger partial charge in [0.05, 0.1) is 12.2 Å². The molecule has 0 aromatic carbocycles. The smallest absolute Gasteiger partial charge is 0.0634 e. The quantitative estimate of drug-likeness (QED) is 0.475. The molecule has 0 bridgehead atoms. The van der Waals surface area contributed by atoms with Gasteiger partial charge in [0.25, 0.3) is 0 Å². The van der Waals surface area contributed by atoms with Crippen LogP contribution in [-0.4, -0.2) is 22.4 Å². The SMILES string of the molecule is CC(C)CCC[C@@H](C)[C@H]1CC[C@H]2[C@@H]3CC=C4C5(CC5)[C@@H](O)CC[C@]4(C)[C@H]3[C@@H](O)C[C@]12C. The summed E-state index contributed by atoms with van der Waals surface area (Å²) in [6, 6.07) is 0. The van der Waals surface area contributed by atoms with Gasteiger partial charge in [0.15, 0.2) is 0 Å². The Labute approximate surface area is 191 Å². The molecule has 4 saturated carbocycles. The summed E-state index contributed by atoms with van der Waals surface area (Å²) in [5.74, 6) is 4.19. The van der Waals surface area contributed by atoms with Crippen LogP contribution in [0.2, 0.25) is 0 Å². The Balaban J connectivity index is 1.39. The van der Waals surface area contributed by atoms with Gasteiger partial charge in [0.2, 0.25) is 0 Å². The third kappa shape index (κ3) is 3.24. The van der Waals surface area contributed by atoms with Crippen LogP contribution in [0.15, 0.2) is 11.6 Å². The van der Waals surface area contributed by atoms with Crippen LogP contribution < -0.4 is 0 Å². The highest BCUT2D eigenvalue weighted by molar-refractivity contribution is 5.37. The largest absolute Gasteiger partial charge is 0.393 e. The van der Waals surface area contributed by atoms with E-state index >= 15 is 0 Å². The zero-order chi connectivity index (χ0) is 22.2. The summed E-state index contributed by atoms with van der Waals surface area (Å²) in [4.78, 5) is 0. The predicted octanol–water partition coefficient (Wildman–Crippen LogP) is 6.75. The van der Waals surface area contributed by atoms with Gasteiger partial charge in [-0.05, 0) is 97.7 Å². The number of allylic oxidation sites excluding steroid dienone is 1. The number of fused-ring (bicyclic) bond motifs is 6. The highest BCUT2D eigenvalue weighted by atomic mass is 16.3. The number of aliphatic hydroxyl groups excluding tert-OH is 2. The Morgan fingerprint density at radius 3 is 2.42 bits per heavy atom. The molecule has 2 nitrogen and oxygen atoms in total. The topological polar surface area (TPSA) is 40.5 Å². The maximum atomic E-state index is 11.7. The molecule has 5 aliphatic rings. The van der Waals surface area contributed by atoms with E-state index in [-0.39, 0.29) is 23.0 Å². The fourth-order valence-corrected chi connectivity index (χ4v) is 9.97. The molecular weight excluding hydrogens is 380 g/mol. The van der Waals surface area contributed by atoms with Gasteiger partial charge in [-0.25, -0.2) is 0 Å². The van der Waals surface area contributed by atoms with Gasteiger partial charge < -0.3 is 10.2 Å². The molecule has 31 heavy (non-hydrogen) atoms. The van der Waals surface area contributed by atoms with Gasteiger partial charge in [0.1, 0.15) is 0 Å². The van der Waals surface area contributed by atoms with Gasteiger partial charge >= 0.3 is 0 Å². The van der Waals surface area contributed by atoms with Gasteiger partial charge in [-0.1, -0.05) is 65.5 Å². The second-order valence-electron chi connectivity index (χ2n) is 13.5. The molecule has 0 aliphatic heterocycles. The third-order valence-electron chi connectivity index (χ3n) is 11.5. The molecular formula is C29H48O2. The summed E-state index contributed by atoms with van der Waals surface area (Å²) in [6.07, 6.45) is 15.6. The van der Waals surface area contributed by atoms with Crippen LogP contribution in [-0.2, 0) is 0 Å². The molecule has 0 unspecified atom stereocenters. The minimum Gasteiger partial charge on any atom is -0.393 e. The number of rotatable bonds is 5. The van der Waals surface area contributed by atoms with Crippen LogP contribution in [0, 0.1) is 51.8 Å². The molecule has 2 heteroatoms. The Kier molecular flexibility index (Phi) is 5.50. The van der Waals surface area contributed by atoms with Crippen molar-refractivity contribution in [3.63, 3.8) is 0 Å². The molecule has 1 spiro atoms. The molecule has 9 atom stereocenters. The zero-order valence-electron chi connectivity index (χ0n) is 20.9. The van der Waals surface area contributed by atoms with Crippen molar-refractivity contribution in [2.45, 2.75) is 117 Å². The number of hydrogen-bond acceptors (Lipinski definition) is 2. The van der Waals surface area contributed by atoms with Crippen LogP contribution in [0.4, 0.5) is 0 Å². The summed E-state index contributed by atoms with van der Waals surface area (Å²) in [6.45, 7) is 12.2. The monoisotopic (exact) mass is 428 g/mol. The van der Waals surface area contributed by atoms with Crippen molar-refractivity contribution in [3.05, 3.63) is 11.6 Å². The van der Waals surface area contributed by atoms with Crippen molar-refractivity contribution >= 4 is 0 Å². The Morgan fingerprint density at radius 1 is 1.00 bits per heavy atom. The molecule has 5 aliphatic carbocycles. The fourth-order valence-electron chi connectivity index (χ4n) is 9.97. The van der Waals surface area contributed by atoms with Crippen molar-refractivity contribution in [1.29, 1.82) is 0 Å². The summed E-state index contributed by atoms with van der Waals surface area (Å²) in [5, 5.41) is 22.5. The maximum absolute atomic E-state index is 11.7. The molecule has 176 valence electrons. The van der Waals surface area contributed by atoms with Gasteiger partial charge in [-0.15, -0.1) is 0 Å². The van der Waals surface area contributed by atoms with Crippen molar-refractivity contribution in [3.8, 4) is 0 Å². The molecule has 0 aromatic rings. The first-order valence-corrected chi connectivity index (χ1v) is 13.7. The van der Waals surface area contributed by atoms with Crippen LogP contribution >= 0.6 is 0 Å². The average Bonchev–Trinajstić information content (AvgIpc) is 3.40. The zero-order valence-corrected chi connectivity index (χ0v) is 20.9. The maximum Gasteiger partial charge on any atom is 0.0634 e. The second kappa shape index (κ2) is 7.59. The van der Waals surface area contributed by atoms with E-state index in [0.29, 0.717) is 17.3 Å². The van der Waals surface area contributed by atoms with Crippen molar-refractivity contribution in [2.75, 3.05) is 0 Å². The standard InChI is InChI=1S/C29H48O2/c1-18(2)7-6-8-19(3)21-10-11-22-20-9-12-24-27(4,14-13-25(31)29(24)15-16-29)26(20)23(30)17-28(21,22)5/h12,18-23,25-26,30-31H,6-11,13-17H2,1-5H3/t19-,20+,21-,22+,23+,25+,26-,27+,28-/m1/s1. The van der Waals surface area contributed by atoms with Crippen LogP contribution in [0.5, 0.6) is 0 Å². The van der Waals surface area contributed by atoms with Crippen LogP contribution in [0.3, 0.4) is 0 Å². The van der Waals surface area contributed by atoms with Gasteiger partial charge in [-0.2, -0.15) is 0 Å². The minimum atomic E-state index is -0.172. The summed E-state index contributed by atoms with van der Waals surface area (Å²) in [5.41, 5.74) is 2.06. The third-order valence-corrected chi connectivity index (χ3v) is 11.5. The second-order valence-corrected chi connectivity index (χ2v) is 13.5. The lowest BCUT2D eigenvalue weighted by Gasteiger charge is -2.61. The average molecular weight is 429 g/mol. The molecule has 4 fully saturated rings. The molecule has 0 radical (unpaired) electrons. The minimum absolute atomic E-state index is 0.0849. The van der Waals surface area contributed by atoms with Crippen molar-refractivity contribution < 1.29 is 10.2 Å². The Morgan fingerprint density at radius 2 is 1.74 bits per heavy atom. The molecule has 0 heterocycles. The normalized spacial score (nSPS) is 48.7. The first-order valence-electron chi connectivity index (χ1n) is 13.7. The molecule has 5 rings (SSSR count). The van der Waals surface area contributed by atoms with E-state index in [9.17, 15) is 10.2 Å². The first kappa shape index (κ1) is 22.5. The lowest BCUT2D eigenvalue weighted by atomic mass is 9.44. The van der Waals surface area contributed by atoms with Gasteiger partial charge in [-0.3, -0.25) is 0 Å². The van der Waals surface area contributed by atoms with E-state index in [2.05, 4.69) is 40.7 Å². The Bertz CT molecular complexity index is 720. The van der Waals surface area contributed by atoms with E-state index < -0.39 is 0 Å². The fraction of sp³-hybridized carbons (Fsp3) is 0.931. The van der Waals surface area contributed by atoms with Gasteiger partial charge in [0, 0.05) is 5.41 Å². The Hall–Kier alpha value is -0.340. The highest BCUT2D eigenvalue weighted by Gasteiger charge is 2.67. The summed E-state index contributed by atoms with van der Waals surface area (Å²) in [7, 11) is 0. The van der Waals surface area contributed by atoms with E-state index in [1.165, 1.54) is 44.9 Å². The molecule has 0 amide bonds. The lowest BCUT2D eigenvalue weighted by molar-refractivity contribution is -0.135. The highest BCUT2D eigenvalue weighted by Crippen LogP contribution is 2.72. The first-order chi connectivity index (χ1) is 14.6. The summed E-state index contributed by atoms with van der Waals surface area (Å²) >= 11 is 0. The van der Waals surface area contributed by atoms with E-state index in [0.717, 1.165) is 49.4 Å². The lowest BCUT2D eigenvalue weighted by Crippen LogP contribution is -2.58. The van der Waals surface area contributed by atoms with Crippen LogP contribution in [0.25, 0.3) is 0 Å². The summed E-state index contributed by atoms with van der Waals surface area (Å²) < 4.78 is 0. The van der Waals surface area contributed by atoms with Crippen molar-refractivity contribution in [1.82, 2.24) is 0 Å². The van der Waals surface area contributed by atoms with E-state index in [4.69, 9.17) is 0 Å². The van der Waals surface area contributed by atoms with E-state index in [1.54, 1.807) is 5.57 Å². The number of aliphatic hydroxyl groups is 2. The molecule has 0 aromatic heterocycles.